The lowest BCUT2D eigenvalue weighted by molar-refractivity contribution is 0.281. The van der Waals surface area contributed by atoms with Crippen molar-refractivity contribution in [2.75, 3.05) is 5.32 Å². The second-order valence-corrected chi connectivity index (χ2v) is 5.61. The minimum atomic E-state index is 0.0966. The molecule has 0 saturated carbocycles. The fourth-order valence-corrected chi connectivity index (χ4v) is 2.96. The lowest BCUT2D eigenvalue weighted by Gasteiger charge is -2.17. The number of hydrogen-bond donors (Lipinski definition) is 2. The summed E-state index contributed by atoms with van der Waals surface area (Å²) in [6, 6.07) is 15.1. The van der Waals surface area contributed by atoms with Gasteiger partial charge in [-0.25, -0.2) is 0 Å². The molecule has 0 heterocycles. The van der Waals surface area contributed by atoms with Gasteiger partial charge in [-0.3, -0.25) is 0 Å². The monoisotopic (exact) mass is 267 g/mol. The van der Waals surface area contributed by atoms with Crippen molar-refractivity contribution in [3.63, 3.8) is 0 Å². The van der Waals surface area contributed by atoms with Crippen LogP contribution in [0.25, 0.3) is 0 Å². The summed E-state index contributed by atoms with van der Waals surface area (Å²) < 4.78 is 0. The van der Waals surface area contributed by atoms with Gasteiger partial charge in [0.05, 0.1) is 6.61 Å². The van der Waals surface area contributed by atoms with Crippen LogP contribution in [0.4, 0.5) is 5.69 Å². The summed E-state index contributed by atoms with van der Waals surface area (Å²) in [4.78, 5) is 0. The number of anilines is 1. The highest BCUT2D eigenvalue weighted by atomic mass is 16.3. The topological polar surface area (TPSA) is 32.3 Å². The zero-order valence-electron chi connectivity index (χ0n) is 11.9. The van der Waals surface area contributed by atoms with Crippen molar-refractivity contribution in [1.29, 1.82) is 0 Å². The summed E-state index contributed by atoms with van der Waals surface area (Å²) in [5.74, 6) is 0. The predicted octanol–water partition coefficient (Wildman–Crippen LogP) is 3.84. The first-order valence-corrected chi connectivity index (χ1v) is 7.34. The smallest absolute Gasteiger partial charge is 0.0681 e. The van der Waals surface area contributed by atoms with Crippen molar-refractivity contribution in [1.82, 2.24) is 0 Å². The molecular weight excluding hydrogens is 246 g/mol. The predicted molar refractivity (Wildman–Crippen MR) is 82.9 cm³/mol. The normalized spacial score (nSPS) is 14.9. The molecule has 1 aliphatic carbocycles. The molecule has 0 aliphatic heterocycles. The van der Waals surface area contributed by atoms with Crippen molar-refractivity contribution in [2.45, 2.75) is 38.8 Å². The maximum absolute atomic E-state index is 9.22. The van der Waals surface area contributed by atoms with Gasteiger partial charge in [-0.2, -0.15) is 0 Å². The Morgan fingerprint density at radius 2 is 1.95 bits per heavy atom. The van der Waals surface area contributed by atoms with E-state index in [0.717, 1.165) is 5.56 Å². The standard InChI is InChI=1S/C18H21NO/c1-13(16-6-2-4-14(10-16)12-20)19-18-9-8-15-5-3-7-17(15)11-18/h2,4,6,8-11,13,19-20H,3,5,7,12H2,1H3. The van der Waals surface area contributed by atoms with E-state index < -0.39 is 0 Å². The van der Waals surface area contributed by atoms with E-state index in [2.05, 4.69) is 42.6 Å². The Morgan fingerprint density at radius 1 is 1.10 bits per heavy atom. The zero-order chi connectivity index (χ0) is 13.9. The lowest BCUT2D eigenvalue weighted by Crippen LogP contribution is -2.07. The van der Waals surface area contributed by atoms with E-state index >= 15 is 0 Å². The molecule has 0 bridgehead atoms. The van der Waals surface area contributed by atoms with Gasteiger partial charge in [0.1, 0.15) is 0 Å². The molecule has 0 aromatic heterocycles. The molecule has 2 heteroatoms. The first-order valence-electron chi connectivity index (χ1n) is 7.34. The lowest BCUT2D eigenvalue weighted by atomic mass is 10.0. The van der Waals surface area contributed by atoms with E-state index in [9.17, 15) is 5.11 Å². The maximum atomic E-state index is 9.22. The van der Waals surface area contributed by atoms with Crippen LogP contribution in [0, 0.1) is 0 Å². The second-order valence-electron chi connectivity index (χ2n) is 5.61. The molecule has 104 valence electrons. The molecule has 2 nitrogen and oxygen atoms in total. The van der Waals surface area contributed by atoms with Crippen LogP contribution < -0.4 is 5.32 Å². The molecule has 1 atom stereocenters. The minimum Gasteiger partial charge on any atom is -0.392 e. The van der Waals surface area contributed by atoms with E-state index in [1.54, 1.807) is 0 Å². The van der Waals surface area contributed by atoms with Gasteiger partial charge in [-0.1, -0.05) is 30.3 Å². The summed E-state index contributed by atoms with van der Waals surface area (Å²) in [5, 5.41) is 12.8. The van der Waals surface area contributed by atoms with Crippen molar-refractivity contribution in [3.05, 3.63) is 64.7 Å². The van der Waals surface area contributed by atoms with E-state index in [4.69, 9.17) is 0 Å². The Bertz CT molecular complexity index is 606. The van der Waals surface area contributed by atoms with Gasteiger partial charge in [0, 0.05) is 11.7 Å². The Hall–Kier alpha value is -1.80. The van der Waals surface area contributed by atoms with E-state index in [-0.39, 0.29) is 12.6 Å². The molecule has 0 radical (unpaired) electrons. The third-order valence-corrected chi connectivity index (χ3v) is 4.12. The third kappa shape index (κ3) is 2.70. The molecule has 0 saturated heterocycles. The molecule has 2 N–H and O–H groups in total. The SMILES string of the molecule is CC(Nc1ccc2c(c1)CCC2)c1cccc(CO)c1. The van der Waals surface area contributed by atoms with Crippen molar-refractivity contribution in [3.8, 4) is 0 Å². The summed E-state index contributed by atoms with van der Waals surface area (Å²) in [6.07, 6.45) is 3.72. The first kappa shape index (κ1) is 13.2. The Kier molecular flexibility index (Phi) is 3.75. The molecule has 0 spiro atoms. The van der Waals surface area contributed by atoms with E-state index in [0.29, 0.717) is 0 Å². The number of aliphatic hydroxyl groups excluding tert-OH is 1. The average Bonchev–Trinajstić information content (AvgIpc) is 2.95. The van der Waals surface area contributed by atoms with Crippen molar-refractivity contribution in [2.24, 2.45) is 0 Å². The van der Waals surface area contributed by atoms with Gasteiger partial charge in [-0.15, -0.1) is 0 Å². The second kappa shape index (κ2) is 5.68. The Balaban J connectivity index is 1.76. The fourth-order valence-electron chi connectivity index (χ4n) is 2.96. The van der Waals surface area contributed by atoms with E-state index in [1.165, 1.54) is 41.6 Å². The van der Waals surface area contributed by atoms with Gasteiger partial charge in [-0.05, 0) is 60.6 Å². The number of nitrogens with one attached hydrogen (secondary N) is 1. The van der Waals surface area contributed by atoms with Gasteiger partial charge in [0.25, 0.3) is 0 Å². The quantitative estimate of drug-likeness (QED) is 0.882. The Labute approximate surface area is 120 Å². The minimum absolute atomic E-state index is 0.0966. The number of fused-ring (bicyclic) bond motifs is 1. The number of hydrogen-bond acceptors (Lipinski definition) is 2. The van der Waals surface area contributed by atoms with Gasteiger partial charge < -0.3 is 10.4 Å². The van der Waals surface area contributed by atoms with Crippen LogP contribution in [0.1, 0.15) is 41.6 Å². The van der Waals surface area contributed by atoms with Crippen LogP contribution in [-0.4, -0.2) is 5.11 Å². The van der Waals surface area contributed by atoms with Gasteiger partial charge in [0.15, 0.2) is 0 Å². The summed E-state index contributed by atoms with van der Waals surface area (Å²) in [7, 11) is 0. The first-order chi connectivity index (χ1) is 9.76. The van der Waals surface area contributed by atoms with Crippen LogP contribution in [0.3, 0.4) is 0 Å². The van der Waals surface area contributed by atoms with Crippen LogP contribution in [-0.2, 0) is 19.4 Å². The number of rotatable bonds is 4. The average molecular weight is 267 g/mol. The molecule has 2 aromatic carbocycles. The molecule has 0 fully saturated rings. The highest BCUT2D eigenvalue weighted by Gasteiger charge is 2.12. The van der Waals surface area contributed by atoms with Crippen LogP contribution in [0.2, 0.25) is 0 Å². The molecular formula is C18H21NO. The summed E-state index contributed by atoms with van der Waals surface area (Å²) in [6.45, 7) is 2.25. The highest BCUT2D eigenvalue weighted by Crippen LogP contribution is 2.27. The fraction of sp³-hybridized carbons (Fsp3) is 0.333. The zero-order valence-corrected chi connectivity index (χ0v) is 11.9. The van der Waals surface area contributed by atoms with Crippen LogP contribution >= 0.6 is 0 Å². The molecule has 2 aromatic rings. The molecule has 3 rings (SSSR count). The summed E-state index contributed by atoms with van der Waals surface area (Å²) in [5.41, 5.74) is 6.35. The highest BCUT2D eigenvalue weighted by molar-refractivity contribution is 5.51. The molecule has 0 amide bonds. The van der Waals surface area contributed by atoms with Crippen molar-refractivity contribution >= 4 is 5.69 Å². The molecule has 1 aliphatic rings. The number of aryl methyl sites for hydroxylation is 2. The van der Waals surface area contributed by atoms with Gasteiger partial charge in [0.2, 0.25) is 0 Å². The number of aliphatic hydroxyl groups is 1. The largest absolute Gasteiger partial charge is 0.392 e. The Morgan fingerprint density at radius 3 is 2.80 bits per heavy atom. The molecule has 20 heavy (non-hydrogen) atoms. The number of benzene rings is 2. The van der Waals surface area contributed by atoms with Crippen LogP contribution in [0.15, 0.2) is 42.5 Å². The van der Waals surface area contributed by atoms with Crippen LogP contribution in [0.5, 0.6) is 0 Å². The summed E-state index contributed by atoms with van der Waals surface area (Å²) >= 11 is 0. The third-order valence-electron chi connectivity index (χ3n) is 4.12. The molecule has 1 unspecified atom stereocenters. The van der Waals surface area contributed by atoms with E-state index in [1.807, 2.05) is 12.1 Å². The van der Waals surface area contributed by atoms with Crippen molar-refractivity contribution < 1.29 is 5.11 Å². The van der Waals surface area contributed by atoms with Gasteiger partial charge >= 0.3 is 0 Å². The maximum Gasteiger partial charge on any atom is 0.0681 e.